The Morgan fingerprint density at radius 2 is 2.11 bits per heavy atom. The van der Waals surface area contributed by atoms with Gasteiger partial charge < -0.3 is 4.42 Å². The zero-order valence-corrected chi connectivity index (χ0v) is 9.58. The standard InChI is InChI=1S/C13H12N4O/c14-17-13(10-5-6-15-8-16-10)12-7-9-3-1-2-4-11(9)18-12/h1-8,13,17H,14H2. The summed E-state index contributed by atoms with van der Waals surface area (Å²) in [5.41, 5.74) is 4.32. The zero-order chi connectivity index (χ0) is 12.4. The van der Waals surface area contributed by atoms with Crippen LogP contribution in [0, 0.1) is 0 Å². The van der Waals surface area contributed by atoms with Crippen molar-refractivity contribution in [3.8, 4) is 0 Å². The van der Waals surface area contributed by atoms with Crippen LogP contribution in [0.4, 0.5) is 0 Å². The summed E-state index contributed by atoms with van der Waals surface area (Å²) in [5, 5.41) is 1.04. The molecule has 5 heteroatoms. The van der Waals surface area contributed by atoms with E-state index in [1.807, 2.05) is 30.3 Å². The fourth-order valence-electron chi connectivity index (χ4n) is 1.93. The first kappa shape index (κ1) is 10.9. The predicted octanol–water partition coefficient (Wildman–Crippen LogP) is 1.78. The van der Waals surface area contributed by atoms with Gasteiger partial charge in [-0.05, 0) is 18.2 Å². The number of benzene rings is 1. The van der Waals surface area contributed by atoms with Crippen molar-refractivity contribution in [1.82, 2.24) is 15.4 Å². The first-order valence-electron chi connectivity index (χ1n) is 5.59. The minimum Gasteiger partial charge on any atom is -0.459 e. The molecule has 0 aliphatic heterocycles. The number of aromatic nitrogens is 2. The maximum atomic E-state index is 5.77. The van der Waals surface area contributed by atoms with E-state index in [0.717, 1.165) is 22.4 Å². The zero-order valence-electron chi connectivity index (χ0n) is 9.58. The molecule has 2 aromatic heterocycles. The molecule has 0 amide bonds. The summed E-state index contributed by atoms with van der Waals surface area (Å²) in [5.74, 6) is 6.32. The Labute approximate surface area is 104 Å². The lowest BCUT2D eigenvalue weighted by Gasteiger charge is -2.11. The Bertz CT molecular complexity index is 617. The normalized spacial score (nSPS) is 12.7. The molecule has 0 aliphatic carbocycles. The Balaban J connectivity index is 2.06. The summed E-state index contributed by atoms with van der Waals surface area (Å²) >= 11 is 0. The van der Waals surface area contributed by atoms with Gasteiger partial charge in [-0.2, -0.15) is 0 Å². The number of rotatable bonds is 3. The second-order valence-corrected chi connectivity index (χ2v) is 3.92. The molecule has 90 valence electrons. The van der Waals surface area contributed by atoms with Crippen LogP contribution in [0.15, 0.2) is 53.3 Å². The molecule has 2 heterocycles. The number of nitrogens with zero attached hydrogens (tertiary/aromatic N) is 2. The number of nitrogens with one attached hydrogen (secondary N) is 1. The molecular formula is C13H12N4O. The van der Waals surface area contributed by atoms with E-state index >= 15 is 0 Å². The van der Waals surface area contributed by atoms with Crippen LogP contribution in [-0.4, -0.2) is 9.97 Å². The fourth-order valence-corrected chi connectivity index (χ4v) is 1.93. The van der Waals surface area contributed by atoms with Crippen molar-refractivity contribution in [3.05, 3.63) is 60.4 Å². The van der Waals surface area contributed by atoms with Gasteiger partial charge in [0.15, 0.2) is 0 Å². The molecule has 1 atom stereocenters. The molecule has 0 fully saturated rings. The summed E-state index contributed by atoms with van der Waals surface area (Å²) in [6.45, 7) is 0. The lowest BCUT2D eigenvalue weighted by molar-refractivity contribution is 0.471. The minimum atomic E-state index is -0.277. The van der Waals surface area contributed by atoms with Crippen molar-refractivity contribution in [2.45, 2.75) is 6.04 Å². The average molecular weight is 240 g/mol. The van der Waals surface area contributed by atoms with Gasteiger partial charge in [0.05, 0.1) is 5.69 Å². The molecule has 0 saturated heterocycles. The van der Waals surface area contributed by atoms with Crippen LogP contribution in [-0.2, 0) is 0 Å². The van der Waals surface area contributed by atoms with Gasteiger partial charge in [0, 0.05) is 11.6 Å². The highest BCUT2D eigenvalue weighted by Gasteiger charge is 2.18. The molecule has 18 heavy (non-hydrogen) atoms. The Morgan fingerprint density at radius 3 is 2.83 bits per heavy atom. The molecule has 0 spiro atoms. The van der Waals surface area contributed by atoms with E-state index < -0.39 is 0 Å². The van der Waals surface area contributed by atoms with Gasteiger partial charge in [-0.3, -0.25) is 5.84 Å². The smallest absolute Gasteiger partial charge is 0.134 e. The van der Waals surface area contributed by atoms with E-state index in [1.165, 1.54) is 6.33 Å². The molecule has 0 aliphatic rings. The van der Waals surface area contributed by atoms with E-state index in [2.05, 4.69) is 15.4 Å². The van der Waals surface area contributed by atoms with Gasteiger partial charge >= 0.3 is 0 Å². The van der Waals surface area contributed by atoms with Crippen molar-refractivity contribution in [3.63, 3.8) is 0 Å². The number of hydrogen-bond acceptors (Lipinski definition) is 5. The molecule has 3 rings (SSSR count). The SMILES string of the molecule is NNC(c1ccncn1)c1cc2ccccc2o1. The molecular weight excluding hydrogens is 228 g/mol. The first-order valence-corrected chi connectivity index (χ1v) is 5.59. The Morgan fingerprint density at radius 1 is 1.22 bits per heavy atom. The third-order valence-electron chi connectivity index (χ3n) is 2.80. The molecule has 0 bridgehead atoms. The van der Waals surface area contributed by atoms with Gasteiger partial charge in [-0.1, -0.05) is 18.2 Å². The van der Waals surface area contributed by atoms with Crippen LogP contribution in [0.3, 0.4) is 0 Å². The topological polar surface area (TPSA) is 77.0 Å². The number of hydrogen-bond donors (Lipinski definition) is 2. The summed E-state index contributed by atoms with van der Waals surface area (Å²) in [4.78, 5) is 8.07. The molecule has 1 unspecified atom stereocenters. The maximum absolute atomic E-state index is 5.77. The fraction of sp³-hybridized carbons (Fsp3) is 0.0769. The van der Waals surface area contributed by atoms with Crippen molar-refractivity contribution in [1.29, 1.82) is 0 Å². The highest BCUT2D eigenvalue weighted by molar-refractivity contribution is 5.77. The van der Waals surface area contributed by atoms with Gasteiger partial charge in [0.2, 0.25) is 0 Å². The van der Waals surface area contributed by atoms with Gasteiger partial charge in [-0.25, -0.2) is 15.4 Å². The van der Waals surface area contributed by atoms with E-state index in [0.29, 0.717) is 0 Å². The molecule has 3 N–H and O–H groups in total. The van der Waals surface area contributed by atoms with Crippen LogP contribution >= 0.6 is 0 Å². The van der Waals surface area contributed by atoms with Crippen molar-refractivity contribution in [2.75, 3.05) is 0 Å². The Kier molecular flexibility index (Phi) is 2.76. The van der Waals surface area contributed by atoms with Crippen molar-refractivity contribution >= 4 is 11.0 Å². The molecule has 1 aromatic carbocycles. The minimum absolute atomic E-state index is 0.277. The van der Waals surface area contributed by atoms with Crippen LogP contribution < -0.4 is 11.3 Å². The van der Waals surface area contributed by atoms with Crippen LogP contribution in [0.5, 0.6) is 0 Å². The largest absolute Gasteiger partial charge is 0.459 e. The summed E-state index contributed by atoms with van der Waals surface area (Å²) < 4.78 is 5.77. The number of fused-ring (bicyclic) bond motifs is 1. The lowest BCUT2D eigenvalue weighted by Crippen LogP contribution is -2.29. The molecule has 0 radical (unpaired) electrons. The highest BCUT2D eigenvalue weighted by Crippen LogP contribution is 2.26. The number of furan rings is 1. The lowest BCUT2D eigenvalue weighted by atomic mass is 10.1. The van der Waals surface area contributed by atoms with Crippen molar-refractivity contribution < 1.29 is 4.42 Å². The maximum Gasteiger partial charge on any atom is 0.134 e. The molecule has 0 saturated carbocycles. The third-order valence-corrected chi connectivity index (χ3v) is 2.80. The molecule has 3 aromatic rings. The van der Waals surface area contributed by atoms with Gasteiger partial charge in [0.25, 0.3) is 0 Å². The number of para-hydroxylation sites is 1. The van der Waals surface area contributed by atoms with Crippen molar-refractivity contribution in [2.24, 2.45) is 5.84 Å². The number of nitrogens with two attached hydrogens (primary N) is 1. The first-order chi connectivity index (χ1) is 8.88. The van der Waals surface area contributed by atoms with E-state index in [4.69, 9.17) is 10.3 Å². The Hall–Kier alpha value is -2.24. The summed E-state index contributed by atoms with van der Waals surface area (Å²) in [6.07, 6.45) is 3.16. The van der Waals surface area contributed by atoms with Gasteiger partial charge in [0.1, 0.15) is 23.7 Å². The van der Waals surface area contributed by atoms with Crippen LogP contribution in [0.1, 0.15) is 17.5 Å². The van der Waals surface area contributed by atoms with Gasteiger partial charge in [-0.15, -0.1) is 0 Å². The average Bonchev–Trinajstić information content (AvgIpc) is 2.84. The summed E-state index contributed by atoms with van der Waals surface area (Å²) in [7, 11) is 0. The van der Waals surface area contributed by atoms with E-state index in [-0.39, 0.29) is 6.04 Å². The second kappa shape index (κ2) is 4.56. The summed E-state index contributed by atoms with van der Waals surface area (Å²) in [6, 6.07) is 11.3. The quantitative estimate of drug-likeness (QED) is 0.539. The number of hydrazine groups is 1. The third kappa shape index (κ3) is 1.85. The highest BCUT2D eigenvalue weighted by atomic mass is 16.3. The van der Waals surface area contributed by atoms with E-state index in [9.17, 15) is 0 Å². The molecule has 5 nitrogen and oxygen atoms in total. The predicted molar refractivity (Wildman–Crippen MR) is 67.4 cm³/mol. The van der Waals surface area contributed by atoms with Crippen LogP contribution in [0.2, 0.25) is 0 Å². The monoisotopic (exact) mass is 240 g/mol. The second-order valence-electron chi connectivity index (χ2n) is 3.92. The van der Waals surface area contributed by atoms with Crippen LogP contribution in [0.25, 0.3) is 11.0 Å². The van der Waals surface area contributed by atoms with E-state index in [1.54, 1.807) is 12.3 Å².